The van der Waals surface area contributed by atoms with Crippen molar-refractivity contribution in [1.29, 1.82) is 0 Å². The van der Waals surface area contributed by atoms with Crippen molar-refractivity contribution in [3.8, 4) is 0 Å². The number of hydrogen-bond donors (Lipinski definition) is 1. The van der Waals surface area contributed by atoms with E-state index >= 15 is 0 Å². The van der Waals surface area contributed by atoms with E-state index in [2.05, 4.69) is 5.32 Å². The summed E-state index contributed by atoms with van der Waals surface area (Å²) in [7, 11) is -4.07. The number of nitrogens with zero attached hydrogens (tertiary/aromatic N) is 2. The van der Waals surface area contributed by atoms with Crippen LogP contribution >= 0.6 is 0 Å². The quantitative estimate of drug-likeness (QED) is 0.354. The average Bonchev–Trinajstić information content (AvgIpc) is 2.91. The van der Waals surface area contributed by atoms with E-state index in [0.29, 0.717) is 18.7 Å². The van der Waals surface area contributed by atoms with Crippen LogP contribution in [-0.2, 0) is 26.0 Å². The Hall–Kier alpha value is -3.65. The van der Waals surface area contributed by atoms with Crippen molar-refractivity contribution in [3.63, 3.8) is 0 Å². The molecule has 1 atom stereocenters. The van der Waals surface area contributed by atoms with Crippen LogP contribution in [0.15, 0.2) is 83.8 Å². The summed E-state index contributed by atoms with van der Waals surface area (Å²) in [5.74, 6) is -0.461. The van der Waals surface area contributed by atoms with E-state index in [4.69, 9.17) is 0 Å². The van der Waals surface area contributed by atoms with Crippen molar-refractivity contribution >= 4 is 27.5 Å². The predicted octanol–water partition coefficient (Wildman–Crippen LogP) is 4.73. The first-order valence-electron chi connectivity index (χ1n) is 13.3. The number of amides is 2. The van der Waals surface area contributed by atoms with Gasteiger partial charge in [-0.05, 0) is 62.4 Å². The van der Waals surface area contributed by atoms with E-state index in [1.807, 2.05) is 70.2 Å². The third kappa shape index (κ3) is 7.93. The van der Waals surface area contributed by atoms with Crippen LogP contribution < -0.4 is 9.62 Å². The SMILES string of the molecule is Cc1ccc(N(CC(=O)N(CCc2ccccc2)[C@@H](C)C(=O)NCC(C)C)S(=O)(=O)c2ccccc2)c(C)c1. The Morgan fingerprint density at radius 2 is 1.49 bits per heavy atom. The molecule has 1 N–H and O–H groups in total. The highest BCUT2D eigenvalue weighted by atomic mass is 32.2. The van der Waals surface area contributed by atoms with Gasteiger partial charge in [-0.2, -0.15) is 0 Å². The van der Waals surface area contributed by atoms with Gasteiger partial charge in [0.05, 0.1) is 10.6 Å². The largest absolute Gasteiger partial charge is 0.354 e. The summed E-state index contributed by atoms with van der Waals surface area (Å²) in [6, 6.07) is 22.5. The fourth-order valence-corrected chi connectivity index (χ4v) is 5.84. The first kappa shape index (κ1) is 29.9. The first-order chi connectivity index (χ1) is 18.5. The van der Waals surface area contributed by atoms with Gasteiger partial charge in [0, 0.05) is 13.1 Å². The Morgan fingerprint density at radius 1 is 0.872 bits per heavy atom. The molecular weight excluding hydrogens is 510 g/mol. The summed E-state index contributed by atoms with van der Waals surface area (Å²) in [6.07, 6.45) is 0.531. The zero-order chi connectivity index (χ0) is 28.6. The molecule has 39 heavy (non-hydrogen) atoms. The smallest absolute Gasteiger partial charge is 0.264 e. The maximum absolute atomic E-state index is 13.9. The molecule has 0 saturated heterocycles. The number of hydrogen-bond acceptors (Lipinski definition) is 4. The molecule has 0 unspecified atom stereocenters. The third-order valence-corrected chi connectivity index (χ3v) is 8.34. The van der Waals surface area contributed by atoms with Crippen molar-refractivity contribution in [3.05, 3.63) is 95.6 Å². The Balaban J connectivity index is 1.98. The van der Waals surface area contributed by atoms with Crippen LogP contribution in [-0.4, -0.2) is 50.8 Å². The molecule has 3 aromatic rings. The Morgan fingerprint density at radius 3 is 2.08 bits per heavy atom. The van der Waals surface area contributed by atoms with E-state index in [1.165, 1.54) is 17.0 Å². The molecule has 0 saturated carbocycles. The van der Waals surface area contributed by atoms with E-state index in [1.54, 1.807) is 31.2 Å². The van der Waals surface area contributed by atoms with Crippen LogP contribution in [0.3, 0.4) is 0 Å². The summed E-state index contributed by atoms with van der Waals surface area (Å²) in [5, 5.41) is 2.91. The first-order valence-corrected chi connectivity index (χ1v) is 14.7. The topological polar surface area (TPSA) is 86.8 Å². The predicted molar refractivity (Wildman–Crippen MR) is 156 cm³/mol. The Bertz CT molecular complexity index is 1360. The second-order valence-electron chi connectivity index (χ2n) is 10.3. The second-order valence-corrected chi connectivity index (χ2v) is 12.1. The van der Waals surface area contributed by atoms with Crippen molar-refractivity contribution in [2.45, 2.75) is 52.0 Å². The van der Waals surface area contributed by atoms with Gasteiger partial charge in [0.15, 0.2) is 0 Å². The monoisotopic (exact) mass is 549 g/mol. The lowest BCUT2D eigenvalue weighted by atomic mass is 10.1. The Kier molecular flexibility index (Phi) is 10.3. The number of carbonyl (C=O) groups excluding carboxylic acids is 2. The van der Waals surface area contributed by atoms with Gasteiger partial charge < -0.3 is 10.2 Å². The lowest BCUT2D eigenvalue weighted by Crippen LogP contribution is -2.52. The summed E-state index contributed by atoms with van der Waals surface area (Å²) in [6.45, 7) is 9.77. The number of benzene rings is 3. The third-order valence-electron chi connectivity index (χ3n) is 6.57. The standard InChI is InChI=1S/C31H39N3O4S/c1-23(2)21-32-31(36)26(5)33(19-18-27-12-8-6-9-13-27)30(35)22-34(29-17-16-24(3)20-25(29)4)39(37,38)28-14-10-7-11-15-28/h6-17,20,23,26H,18-19,21-22H2,1-5H3,(H,32,36)/t26-/m0/s1. The van der Waals surface area contributed by atoms with Crippen LogP contribution in [0.1, 0.15) is 37.5 Å². The summed E-state index contributed by atoms with van der Waals surface area (Å²) in [5.41, 5.74) is 3.17. The number of carbonyl (C=O) groups is 2. The van der Waals surface area contributed by atoms with Crippen LogP contribution in [0.5, 0.6) is 0 Å². The van der Waals surface area contributed by atoms with Crippen molar-refractivity contribution in [2.75, 3.05) is 23.9 Å². The zero-order valence-electron chi connectivity index (χ0n) is 23.4. The maximum atomic E-state index is 13.9. The molecule has 0 heterocycles. The second kappa shape index (κ2) is 13.4. The van der Waals surface area contributed by atoms with Crippen molar-refractivity contribution in [2.24, 2.45) is 5.92 Å². The minimum Gasteiger partial charge on any atom is -0.354 e. The number of aryl methyl sites for hydroxylation is 2. The molecule has 2 amide bonds. The van der Waals surface area contributed by atoms with Gasteiger partial charge in [-0.1, -0.05) is 80.1 Å². The maximum Gasteiger partial charge on any atom is 0.264 e. The normalized spacial score (nSPS) is 12.2. The molecule has 3 aromatic carbocycles. The molecule has 0 aromatic heterocycles. The highest BCUT2D eigenvalue weighted by Gasteiger charge is 2.32. The van der Waals surface area contributed by atoms with E-state index in [-0.39, 0.29) is 23.3 Å². The molecule has 0 spiro atoms. The number of nitrogens with one attached hydrogen (secondary N) is 1. The lowest BCUT2D eigenvalue weighted by molar-refractivity contribution is -0.138. The molecule has 8 heteroatoms. The Labute approximate surface area is 232 Å². The van der Waals surface area contributed by atoms with Crippen molar-refractivity contribution < 1.29 is 18.0 Å². The van der Waals surface area contributed by atoms with E-state index in [0.717, 1.165) is 21.0 Å². The van der Waals surface area contributed by atoms with Gasteiger partial charge in [0.25, 0.3) is 10.0 Å². The van der Waals surface area contributed by atoms with Gasteiger partial charge in [-0.25, -0.2) is 8.42 Å². The average molecular weight is 550 g/mol. The molecule has 0 aliphatic heterocycles. The number of anilines is 1. The van der Waals surface area contributed by atoms with Crippen LogP contribution in [0.2, 0.25) is 0 Å². The molecule has 7 nitrogen and oxygen atoms in total. The molecule has 208 valence electrons. The van der Waals surface area contributed by atoms with Gasteiger partial charge >= 0.3 is 0 Å². The molecule has 0 bridgehead atoms. The van der Waals surface area contributed by atoms with Gasteiger partial charge in [-0.3, -0.25) is 13.9 Å². The minimum absolute atomic E-state index is 0.0938. The fourth-order valence-electron chi connectivity index (χ4n) is 4.34. The summed E-state index contributed by atoms with van der Waals surface area (Å²) in [4.78, 5) is 28.5. The molecule has 3 rings (SSSR count). The van der Waals surface area contributed by atoms with Gasteiger partial charge in [0.2, 0.25) is 11.8 Å². The zero-order valence-corrected chi connectivity index (χ0v) is 24.2. The summed E-state index contributed by atoms with van der Waals surface area (Å²) < 4.78 is 28.9. The molecule has 0 aliphatic rings. The molecule has 0 aliphatic carbocycles. The lowest BCUT2D eigenvalue weighted by Gasteiger charge is -2.32. The molecular formula is C31H39N3O4S. The fraction of sp³-hybridized carbons (Fsp3) is 0.355. The van der Waals surface area contributed by atoms with Gasteiger partial charge in [0.1, 0.15) is 12.6 Å². The number of rotatable bonds is 12. The minimum atomic E-state index is -4.07. The van der Waals surface area contributed by atoms with Crippen molar-refractivity contribution in [1.82, 2.24) is 10.2 Å². The highest BCUT2D eigenvalue weighted by Crippen LogP contribution is 2.28. The molecule has 0 radical (unpaired) electrons. The van der Waals surface area contributed by atoms with E-state index < -0.39 is 28.5 Å². The number of sulfonamides is 1. The van der Waals surface area contributed by atoms with Crippen LogP contribution in [0, 0.1) is 19.8 Å². The van der Waals surface area contributed by atoms with Crippen LogP contribution in [0.4, 0.5) is 5.69 Å². The van der Waals surface area contributed by atoms with Crippen LogP contribution in [0.25, 0.3) is 0 Å². The highest BCUT2D eigenvalue weighted by molar-refractivity contribution is 7.92. The van der Waals surface area contributed by atoms with E-state index in [9.17, 15) is 18.0 Å². The summed E-state index contributed by atoms with van der Waals surface area (Å²) >= 11 is 0. The molecule has 0 fully saturated rings. The van der Waals surface area contributed by atoms with Gasteiger partial charge in [-0.15, -0.1) is 0 Å².